The van der Waals surface area contributed by atoms with Gasteiger partial charge in [-0.25, -0.2) is 4.39 Å². The molecule has 0 aliphatic carbocycles. The summed E-state index contributed by atoms with van der Waals surface area (Å²) >= 11 is 0. The minimum atomic E-state index is -0.929. The van der Waals surface area contributed by atoms with Crippen molar-refractivity contribution in [2.24, 2.45) is 0 Å². The predicted octanol–water partition coefficient (Wildman–Crippen LogP) is 4.70. The van der Waals surface area contributed by atoms with Crippen molar-refractivity contribution < 1.29 is 18.7 Å². The van der Waals surface area contributed by atoms with Gasteiger partial charge in [0.2, 0.25) is 0 Å². The first-order chi connectivity index (χ1) is 17.5. The SMILES string of the molecule is CNC(=O)c1ccc(-c2ccc([C@@]3(NC(=O)c4ccc(F)cc4)CCOc4cccnc43)cc2)cc1. The van der Waals surface area contributed by atoms with Gasteiger partial charge in [0, 0.05) is 30.8 Å². The average molecular weight is 482 g/mol. The molecule has 0 bridgehead atoms. The molecule has 0 fully saturated rings. The highest BCUT2D eigenvalue weighted by molar-refractivity contribution is 5.95. The smallest absolute Gasteiger partial charge is 0.252 e. The zero-order chi connectivity index (χ0) is 25.1. The zero-order valence-corrected chi connectivity index (χ0v) is 19.6. The molecule has 0 radical (unpaired) electrons. The number of benzene rings is 3. The number of carbonyl (C=O) groups is 2. The van der Waals surface area contributed by atoms with Crippen LogP contribution in [0.15, 0.2) is 91.1 Å². The Morgan fingerprint density at radius 3 is 2.14 bits per heavy atom. The van der Waals surface area contributed by atoms with Gasteiger partial charge < -0.3 is 15.4 Å². The number of pyridine rings is 1. The third-order valence-corrected chi connectivity index (χ3v) is 6.43. The highest BCUT2D eigenvalue weighted by atomic mass is 19.1. The van der Waals surface area contributed by atoms with Crippen molar-refractivity contribution in [3.05, 3.63) is 119 Å². The van der Waals surface area contributed by atoms with E-state index in [-0.39, 0.29) is 11.8 Å². The van der Waals surface area contributed by atoms with Crippen molar-refractivity contribution >= 4 is 11.8 Å². The monoisotopic (exact) mass is 481 g/mol. The molecule has 0 saturated carbocycles. The van der Waals surface area contributed by atoms with Crippen LogP contribution < -0.4 is 15.4 Å². The average Bonchev–Trinajstić information content (AvgIpc) is 2.93. The topological polar surface area (TPSA) is 80.3 Å². The van der Waals surface area contributed by atoms with Crippen LogP contribution in [0.1, 0.15) is 38.4 Å². The summed E-state index contributed by atoms with van der Waals surface area (Å²) in [7, 11) is 1.60. The molecular formula is C29H24FN3O3. The van der Waals surface area contributed by atoms with Crippen molar-refractivity contribution in [2.45, 2.75) is 12.0 Å². The van der Waals surface area contributed by atoms with Gasteiger partial charge in [-0.1, -0.05) is 36.4 Å². The van der Waals surface area contributed by atoms with Gasteiger partial charge in [0.1, 0.15) is 22.8 Å². The summed E-state index contributed by atoms with van der Waals surface area (Å²) < 4.78 is 19.3. The van der Waals surface area contributed by atoms with Crippen LogP contribution in [-0.4, -0.2) is 30.5 Å². The van der Waals surface area contributed by atoms with Gasteiger partial charge in [-0.2, -0.15) is 0 Å². The fourth-order valence-corrected chi connectivity index (χ4v) is 4.51. The summed E-state index contributed by atoms with van der Waals surface area (Å²) in [6.45, 7) is 0.394. The second-order valence-electron chi connectivity index (χ2n) is 8.55. The molecule has 0 spiro atoms. The molecule has 5 rings (SSSR count). The molecule has 4 aromatic rings. The second kappa shape index (κ2) is 9.62. The molecule has 2 amide bonds. The van der Waals surface area contributed by atoms with Crippen LogP contribution in [0.3, 0.4) is 0 Å². The molecule has 2 N–H and O–H groups in total. The number of halogens is 1. The highest BCUT2D eigenvalue weighted by Crippen LogP contribution is 2.41. The van der Waals surface area contributed by atoms with E-state index in [2.05, 4.69) is 15.6 Å². The van der Waals surface area contributed by atoms with Crippen LogP contribution in [0.5, 0.6) is 5.75 Å². The van der Waals surface area contributed by atoms with Gasteiger partial charge in [-0.15, -0.1) is 0 Å². The Bertz CT molecular complexity index is 1400. The maximum Gasteiger partial charge on any atom is 0.252 e. The van der Waals surface area contributed by atoms with Gasteiger partial charge in [0.05, 0.1) is 6.61 Å². The van der Waals surface area contributed by atoms with Gasteiger partial charge in [-0.3, -0.25) is 14.6 Å². The van der Waals surface area contributed by atoms with Gasteiger partial charge >= 0.3 is 0 Å². The van der Waals surface area contributed by atoms with Crippen LogP contribution in [0.4, 0.5) is 4.39 Å². The summed E-state index contributed by atoms with van der Waals surface area (Å²) in [6, 6.07) is 24.3. The Labute approximate surface area is 208 Å². The third-order valence-electron chi connectivity index (χ3n) is 6.43. The Morgan fingerprint density at radius 1 is 0.861 bits per heavy atom. The fourth-order valence-electron chi connectivity index (χ4n) is 4.51. The van der Waals surface area contributed by atoms with Gasteiger partial charge in [0.15, 0.2) is 0 Å². The molecule has 6 nitrogen and oxygen atoms in total. The number of fused-ring (bicyclic) bond motifs is 1. The normalized spacial score (nSPS) is 16.4. The lowest BCUT2D eigenvalue weighted by atomic mass is 9.80. The lowest BCUT2D eigenvalue weighted by Crippen LogP contribution is -2.50. The third kappa shape index (κ3) is 4.31. The first kappa shape index (κ1) is 23.2. The molecule has 1 atom stereocenters. The molecule has 0 saturated heterocycles. The van der Waals surface area contributed by atoms with E-state index in [1.807, 2.05) is 42.5 Å². The van der Waals surface area contributed by atoms with Crippen molar-refractivity contribution in [2.75, 3.05) is 13.7 Å². The van der Waals surface area contributed by atoms with Crippen molar-refractivity contribution in [1.82, 2.24) is 15.6 Å². The number of carbonyl (C=O) groups excluding carboxylic acids is 2. The Balaban J connectivity index is 1.52. The molecule has 180 valence electrons. The fraction of sp³-hybridized carbons (Fsp3) is 0.138. The van der Waals surface area contributed by atoms with Crippen LogP contribution in [-0.2, 0) is 5.54 Å². The van der Waals surface area contributed by atoms with Gasteiger partial charge in [0.25, 0.3) is 11.8 Å². The summed E-state index contributed by atoms with van der Waals surface area (Å²) in [5, 5.41) is 5.80. The molecular weight excluding hydrogens is 457 g/mol. The maximum atomic E-state index is 13.4. The molecule has 3 aromatic carbocycles. The van der Waals surface area contributed by atoms with Crippen molar-refractivity contribution in [3.8, 4) is 16.9 Å². The van der Waals surface area contributed by atoms with E-state index in [1.165, 1.54) is 24.3 Å². The number of amides is 2. The molecule has 2 heterocycles. The van der Waals surface area contributed by atoms with Crippen LogP contribution >= 0.6 is 0 Å². The highest BCUT2D eigenvalue weighted by Gasteiger charge is 2.42. The molecule has 1 aromatic heterocycles. The van der Waals surface area contributed by atoms with Crippen LogP contribution in [0, 0.1) is 5.82 Å². The van der Waals surface area contributed by atoms with E-state index >= 15 is 0 Å². The Kier molecular flexibility index (Phi) is 6.21. The maximum absolute atomic E-state index is 13.4. The number of nitrogens with zero attached hydrogens (tertiary/aromatic N) is 1. The van der Waals surface area contributed by atoms with E-state index < -0.39 is 11.4 Å². The van der Waals surface area contributed by atoms with E-state index in [0.29, 0.717) is 35.6 Å². The first-order valence-corrected chi connectivity index (χ1v) is 11.6. The predicted molar refractivity (Wildman–Crippen MR) is 134 cm³/mol. The van der Waals surface area contributed by atoms with E-state index in [9.17, 15) is 14.0 Å². The number of rotatable bonds is 5. The molecule has 1 aliphatic heterocycles. The summed E-state index contributed by atoms with van der Waals surface area (Å²) in [5.74, 6) is -0.265. The number of hydrogen-bond donors (Lipinski definition) is 2. The number of nitrogens with one attached hydrogen (secondary N) is 2. The van der Waals surface area contributed by atoms with E-state index in [4.69, 9.17) is 4.74 Å². The minimum Gasteiger partial charge on any atom is -0.491 e. The zero-order valence-electron chi connectivity index (χ0n) is 19.6. The molecule has 1 aliphatic rings. The minimum absolute atomic E-state index is 0.138. The molecule has 7 heteroatoms. The second-order valence-corrected chi connectivity index (χ2v) is 8.55. The lowest BCUT2D eigenvalue weighted by molar-refractivity contribution is 0.0883. The Hall–Kier alpha value is -4.52. The van der Waals surface area contributed by atoms with Crippen LogP contribution in [0.2, 0.25) is 0 Å². The summed E-state index contributed by atoms with van der Waals surface area (Å²) in [4.78, 5) is 29.7. The Morgan fingerprint density at radius 2 is 1.47 bits per heavy atom. The standard InChI is InChI=1S/C29H24FN3O3/c1-31-27(34)21-6-4-19(5-7-21)20-8-12-23(13-9-20)29(16-18-36-25-3-2-17-32-26(25)29)33-28(35)22-10-14-24(30)15-11-22/h2-15,17H,16,18H2,1H3,(H,31,34)(H,33,35)/t29-/m0/s1. The van der Waals surface area contributed by atoms with E-state index in [0.717, 1.165) is 16.7 Å². The molecule has 0 unspecified atom stereocenters. The summed E-state index contributed by atoms with van der Waals surface area (Å²) in [5.41, 5.74) is 3.42. The lowest BCUT2D eigenvalue weighted by Gasteiger charge is -2.39. The quantitative estimate of drug-likeness (QED) is 0.433. The largest absolute Gasteiger partial charge is 0.491 e. The molecule has 36 heavy (non-hydrogen) atoms. The number of ether oxygens (including phenoxy) is 1. The van der Waals surface area contributed by atoms with Crippen molar-refractivity contribution in [3.63, 3.8) is 0 Å². The number of hydrogen-bond acceptors (Lipinski definition) is 4. The van der Waals surface area contributed by atoms with E-state index in [1.54, 1.807) is 31.4 Å². The van der Waals surface area contributed by atoms with Gasteiger partial charge in [-0.05, 0) is 65.2 Å². The van der Waals surface area contributed by atoms with Crippen LogP contribution in [0.25, 0.3) is 11.1 Å². The van der Waals surface area contributed by atoms with Crippen molar-refractivity contribution in [1.29, 1.82) is 0 Å². The number of aromatic nitrogens is 1. The first-order valence-electron chi connectivity index (χ1n) is 11.6. The summed E-state index contributed by atoms with van der Waals surface area (Å²) in [6.07, 6.45) is 2.15.